The van der Waals surface area contributed by atoms with Crippen LogP contribution in [0.4, 0.5) is 11.4 Å². The molecule has 8 heteroatoms. The molecular weight excluding hydrogens is 330 g/mol. The lowest BCUT2D eigenvalue weighted by Gasteiger charge is -2.30. The first-order valence-corrected chi connectivity index (χ1v) is 9.93. The molecule has 0 atom stereocenters. The van der Waals surface area contributed by atoms with Crippen LogP contribution in [0.15, 0.2) is 24.3 Å². The third kappa shape index (κ3) is 5.19. The number of morpholine rings is 1. The van der Waals surface area contributed by atoms with Gasteiger partial charge in [-0.25, -0.2) is 8.42 Å². The summed E-state index contributed by atoms with van der Waals surface area (Å²) in [6.45, 7) is 4.86. The molecule has 1 fully saturated rings. The van der Waals surface area contributed by atoms with Gasteiger partial charge in [0.2, 0.25) is 15.9 Å². The normalized spacial score (nSPS) is 15.5. The number of hydrogen-bond acceptors (Lipinski definition) is 5. The zero-order chi connectivity index (χ0) is 17.6. The number of amides is 1. The average molecular weight is 355 g/mol. The first-order valence-electron chi connectivity index (χ1n) is 8.08. The number of sulfonamides is 1. The zero-order valence-corrected chi connectivity index (χ0v) is 15.0. The Kier molecular flexibility index (Phi) is 6.59. The second-order valence-corrected chi connectivity index (χ2v) is 7.74. The van der Waals surface area contributed by atoms with E-state index in [4.69, 9.17) is 4.74 Å². The molecule has 0 spiro atoms. The Hall–Kier alpha value is -1.64. The summed E-state index contributed by atoms with van der Waals surface area (Å²) >= 11 is 0. The number of hydrogen-bond donors (Lipinski definition) is 1. The third-order valence-electron chi connectivity index (χ3n) is 3.79. The molecule has 1 aliphatic rings. The first kappa shape index (κ1) is 18.7. The van der Waals surface area contributed by atoms with Crippen molar-refractivity contribution in [2.75, 3.05) is 55.9 Å². The number of anilines is 2. The predicted molar refractivity (Wildman–Crippen MR) is 94.8 cm³/mol. The monoisotopic (exact) mass is 355 g/mol. The van der Waals surface area contributed by atoms with Crippen molar-refractivity contribution < 1.29 is 17.9 Å². The molecule has 1 amide bonds. The minimum absolute atomic E-state index is 0.176. The second-order valence-electron chi connectivity index (χ2n) is 5.76. The van der Waals surface area contributed by atoms with Crippen LogP contribution in [0, 0.1) is 0 Å². The Morgan fingerprint density at radius 3 is 2.58 bits per heavy atom. The van der Waals surface area contributed by atoms with E-state index in [0.29, 0.717) is 31.9 Å². The molecule has 24 heavy (non-hydrogen) atoms. The second kappa shape index (κ2) is 8.46. The van der Waals surface area contributed by atoms with Crippen molar-refractivity contribution in [1.29, 1.82) is 0 Å². The number of carbonyl (C=O) groups is 1. The zero-order valence-electron chi connectivity index (χ0n) is 14.2. The number of benzene rings is 1. The highest BCUT2D eigenvalue weighted by atomic mass is 32.2. The molecule has 1 aromatic carbocycles. The SMILES string of the molecule is CCCN(CC(=O)Nc1ccccc1N1CCOCC1)S(C)(=O)=O. The van der Waals surface area contributed by atoms with Crippen molar-refractivity contribution in [3.63, 3.8) is 0 Å². The summed E-state index contributed by atoms with van der Waals surface area (Å²) in [7, 11) is -3.40. The van der Waals surface area contributed by atoms with Gasteiger partial charge in [0.1, 0.15) is 0 Å². The molecule has 134 valence electrons. The number of nitrogens with one attached hydrogen (secondary N) is 1. The maximum atomic E-state index is 12.3. The number of rotatable bonds is 7. The van der Waals surface area contributed by atoms with E-state index in [1.165, 1.54) is 4.31 Å². The van der Waals surface area contributed by atoms with Gasteiger partial charge in [0.25, 0.3) is 0 Å². The summed E-state index contributed by atoms with van der Waals surface area (Å²) in [5.74, 6) is -0.338. The Labute approximate surface area is 143 Å². The standard InChI is InChI=1S/C16H25N3O4S/c1-3-8-19(24(2,21)22)13-16(20)17-14-6-4-5-7-15(14)18-9-11-23-12-10-18/h4-7H,3,8-13H2,1-2H3,(H,17,20). The van der Waals surface area contributed by atoms with E-state index in [9.17, 15) is 13.2 Å². The molecule has 0 aromatic heterocycles. The molecular formula is C16H25N3O4S. The van der Waals surface area contributed by atoms with Gasteiger partial charge < -0.3 is 15.0 Å². The van der Waals surface area contributed by atoms with Gasteiger partial charge in [-0.1, -0.05) is 19.1 Å². The van der Waals surface area contributed by atoms with Crippen molar-refractivity contribution >= 4 is 27.3 Å². The van der Waals surface area contributed by atoms with Crippen LogP contribution in [0.5, 0.6) is 0 Å². The molecule has 0 bridgehead atoms. The Balaban J connectivity index is 2.08. The van der Waals surface area contributed by atoms with Gasteiger partial charge in [-0.05, 0) is 18.6 Å². The highest BCUT2D eigenvalue weighted by Gasteiger charge is 2.21. The smallest absolute Gasteiger partial charge is 0.239 e. The number of para-hydroxylation sites is 2. The van der Waals surface area contributed by atoms with E-state index in [2.05, 4.69) is 10.2 Å². The van der Waals surface area contributed by atoms with Gasteiger partial charge in [-0.3, -0.25) is 4.79 Å². The first-order chi connectivity index (χ1) is 11.4. The van der Waals surface area contributed by atoms with Crippen LogP contribution in [0.25, 0.3) is 0 Å². The Morgan fingerprint density at radius 1 is 1.29 bits per heavy atom. The predicted octanol–water partition coefficient (Wildman–Crippen LogP) is 1.13. The van der Waals surface area contributed by atoms with E-state index < -0.39 is 10.0 Å². The number of ether oxygens (including phenoxy) is 1. The van der Waals surface area contributed by atoms with Gasteiger partial charge in [0, 0.05) is 19.6 Å². The van der Waals surface area contributed by atoms with Gasteiger partial charge in [0.15, 0.2) is 0 Å². The molecule has 0 unspecified atom stereocenters. The summed E-state index contributed by atoms with van der Waals surface area (Å²) < 4.78 is 30.0. The number of carbonyl (C=O) groups excluding carboxylic acids is 1. The lowest BCUT2D eigenvalue weighted by Crippen LogP contribution is -2.39. The van der Waals surface area contributed by atoms with Gasteiger partial charge in [0.05, 0.1) is 37.4 Å². The number of nitrogens with zero attached hydrogens (tertiary/aromatic N) is 2. The van der Waals surface area contributed by atoms with Crippen LogP contribution in [-0.4, -0.2) is 64.3 Å². The summed E-state index contributed by atoms with van der Waals surface area (Å²) in [6.07, 6.45) is 1.78. The molecule has 1 N–H and O–H groups in total. The molecule has 1 aliphatic heterocycles. The maximum Gasteiger partial charge on any atom is 0.239 e. The van der Waals surface area contributed by atoms with E-state index in [0.717, 1.165) is 25.0 Å². The minimum atomic E-state index is -3.40. The minimum Gasteiger partial charge on any atom is -0.378 e. The van der Waals surface area contributed by atoms with E-state index in [1.807, 2.05) is 31.2 Å². The van der Waals surface area contributed by atoms with Gasteiger partial charge in [-0.15, -0.1) is 0 Å². The van der Waals surface area contributed by atoms with Crippen molar-refractivity contribution in [2.45, 2.75) is 13.3 Å². The lowest BCUT2D eigenvalue weighted by atomic mass is 10.2. The summed E-state index contributed by atoms with van der Waals surface area (Å²) in [4.78, 5) is 14.5. The molecule has 0 saturated carbocycles. The Bertz CT molecular complexity index is 657. The van der Waals surface area contributed by atoms with Crippen LogP contribution in [0.1, 0.15) is 13.3 Å². The van der Waals surface area contributed by atoms with E-state index >= 15 is 0 Å². The van der Waals surface area contributed by atoms with Crippen molar-refractivity contribution in [1.82, 2.24) is 4.31 Å². The molecule has 1 saturated heterocycles. The van der Waals surface area contributed by atoms with E-state index in [1.54, 1.807) is 0 Å². The fourth-order valence-corrected chi connectivity index (χ4v) is 3.49. The third-order valence-corrected chi connectivity index (χ3v) is 5.04. The van der Waals surface area contributed by atoms with Crippen LogP contribution in [0.3, 0.4) is 0 Å². The van der Waals surface area contributed by atoms with Crippen molar-refractivity contribution in [2.24, 2.45) is 0 Å². The van der Waals surface area contributed by atoms with Crippen LogP contribution in [0.2, 0.25) is 0 Å². The largest absolute Gasteiger partial charge is 0.378 e. The van der Waals surface area contributed by atoms with Crippen molar-refractivity contribution in [3.05, 3.63) is 24.3 Å². The van der Waals surface area contributed by atoms with Crippen LogP contribution >= 0.6 is 0 Å². The van der Waals surface area contributed by atoms with Gasteiger partial charge >= 0.3 is 0 Å². The lowest BCUT2D eigenvalue weighted by molar-refractivity contribution is -0.116. The topological polar surface area (TPSA) is 79.0 Å². The summed E-state index contributed by atoms with van der Waals surface area (Å²) in [5.41, 5.74) is 1.62. The Morgan fingerprint density at radius 2 is 1.96 bits per heavy atom. The summed E-state index contributed by atoms with van der Waals surface area (Å²) in [6, 6.07) is 7.54. The quantitative estimate of drug-likeness (QED) is 0.793. The fourth-order valence-electron chi connectivity index (χ4n) is 2.62. The fraction of sp³-hybridized carbons (Fsp3) is 0.562. The van der Waals surface area contributed by atoms with E-state index in [-0.39, 0.29) is 12.5 Å². The molecule has 0 radical (unpaired) electrons. The van der Waals surface area contributed by atoms with Gasteiger partial charge in [-0.2, -0.15) is 4.31 Å². The van der Waals surface area contributed by atoms with Crippen LogP contribution < -0.4 is 10.2 Å². The summed E-state index contributed by atoms with van der Waals surface area (Å²) in [5, 5.41) is 2.84. The molecule has 2 rings (SSSR count). The molecule has 7 nitrogen and oxygen atoms in total. The highest BCUT2D eigenvalue weighted by Crippen LogP contribution is 2.26. The molecule has 1 aromatic rings. The average Bonchev–Trinajstić information content (AvgIpc) is 2.55. The highest BCUT2D eigenvalue weighted by molar-refractivity contribution is 7.88. The molecule has 1 heterocycles. The molecule has 0 aliphatic carbocycles. The van der Waals surface area contributed by atoms with Crippen molar-refractivity contribution in [3.8, 4) is 0 Å². The maximum absolute atomic E-state index is 12.3. The van der Waals surface area contributed by atoms with Crippen LogP contribution in [-0.2, 0) is 19.6 Å².